The third kappa shape index (κ3) is 5.08. The molecular weight excluding hydrogens is 292 g/mol. The maximum atomic E-state index is 12.2. The zero-order valence-corrected chi connectivity index (χ0v) is 14.5. The zero-order chi connectivity index (χ0) is 16.7. The molecule has 0 spiro atoms. The Morgan fingerprint density at radius 1 is 1.48 bits per heavy atom. The van der Waals surface area contributed by atoms with Crippen molar-refractivity contribution in [2.45, 2.75) is 58.2 Å². The van der Waals surface area contributed by atoms with E-state index in [2.05, 4.69) is 24.1 Å². The van der Waals surface area contributed by atoms with Crippen molar-refractivity contribution in [2.24, 2.45) is 11.8 Å². The molecule has 0 radical (unpaired) electrons. The molecular formula is C18H30N2O3. The molecule has 0 aromatic carbocycles. The second-order valence-electron chi connectivity index (χ2n) is 6.60. The van der Waals surface area contributed by atoms with Gasteiger partial charge < -0.3 is 14.5 Å². The second kappa shape index (κ2) is 9.08. The van der Waals surface area contributed by atoms with Gasteiger partial charge in [-0.1, -0.05) is 39.5 Å². The largest absolute Gasteiger partial charge is 0.468 e. The van der Waals surface area contributed by atoms with Crippen molar-refractivity contribution >= 4 is 5.97 Å². The molecule has 0 bridgehead atoms. The number of aromatic nitrogens is 1. The van der Waals surface area contributed by atoms with Gasteiger partial charge in [0.05, 0.1) is 19.4 Å². The topological polar surface area (TPSA) is 63.3 Å². The van der Waals surface area contributed by atoms with Crippen LogP contribution in [0.2, 0.25) is 0 Å². The van der Waals surface area contributed by atoms with Crippen molar-refractivity contribution in [2.75, 3.05) is 13.7 Å². The highest BCUT2D eigenvalue weighted by atomic mass is 16.5. The first-order chi connectivity index (χ1) is 11.2. The van der Waals surface area contributed by atoms with Gasteiger partial charge in [0.15, 0.2) is 0 Å². The Morgan fingerprint density at radius 3 is 2.96 bits per heavy atom. The fourth-order valence-corrected chi connectivity index (χ4v) is 3.32. The minimum Gasteiger partial charge on any atom is -0.468 e. The highest BCUT2D eigenvalue weighted by Crippen LogP contribution is 2.28. The predicted molar refractivity (Wildman–Crippen MR) is 89.8 cm³/mol. The molecule has 5 heteroatoms. The van der Waals surface area contributed by atoms with E-state index in [0.717, 1.165) is 12.1 Å². The Morgan fingerprint density at radius 2 is 2.30 bits per heavy atom. The van der Waals surface area contributed by atoms with Gasteiger partial charge in [-0.2, -0.15) is 0 Å². The van der Waals surface area contributed by atoms with Gasteiger partial charge in [0, 0.05) is 12.1 Å². The average molecular weight is 322 g/mol. The van der Waals surface area contributed by atoms with Crippen LogP contribution in [0.4, 0.5) is 0 Å². The fraction of sp³-hybridized carbons (Fsp3) is 0.722. The summed E-state index contributed by atoms with van der Waals surface area (Å²) in [7, 11) is 1.45. The van der Waals surface area contributed by atoms with Gasteiger partial charge in [-0.25, -0.2) is 0 Å². The van der Waals surface area contributed by atoms with Crippen molar-refractivity contribution < 1.29 is 14.3 Å². The van der Waals surface area contributed by atoms with Crippen LogP contribution in [-0.4, -0.2) is 30.7 Å². The summed E-state index contributed by atoms with van der Waals surface area (Å²) in [5.74, 6) is 0.548. The molecule has 2 N–H and O–H groups in total. The molecule has 1 fully saturated rings. The van der Waals surface area contributed by atoms with Gasteiger partial charge in [-0.3, -0.25) is 10.1 Å². The summed E-state index contributed by atoms with van der Waals surface area (Å²) < 4.78 is 10.9. The minimum atomic E-state index is -0.310. The lowest BCUT2D eigenvalue weighted by Gasteiger charge is -2.36. The molecule has 1 aliphatic rings. The van der Waals surface area contributed by atoms with E-state index in [0.29, 0.717) is 12.5 Å². The van der Waals surface area contributed by atoms with Gasteiger partial charge in [0.1, 0.15) is 12.3 Å². The Bertz CT molecular complexity index is 461. The molecule has 1 aliphatic heterocycles. The standard InChI is InChI=1S/C18H30N2O3/c1-4-5-6-8-13(2)11-14-12-23-17(15-9-7-10-19-15)20-16(14)18(21)22-3/h7,9-10,13-14,16-17,19-20H,4-6,8,11-12H2,1-3H3/t13-,14-,16-,17+/m0/s1. The molecule has 1 aromatic rings. The van der Waals surface area contributed by atoms with E-state index in [1.165, 1.54) is 32.8 Å². The number of nitrogens with one attached hydrogen (secondary N) is 2. The summed E-state index contributed by atoms with van der Waals surface area (Å²) in [6.45, 7) is 5.06. The summed E-state index contributed by atoms with van der Waals surface area (Å²) >= 11 is 0. The van der Waals surface area contributed by atoms with Crippen molar-refractivity contribution in [1.82, 2.24) is 10.3 Å². The van der Waals surface area contributed by atoms with Gasteiger partial charge in [-0.05, 0) is 24.5 Å². The number of esters is 1. The van der Waals surface area contributed by atoms with Gasteiger partial charge in [0.25, 0.3) is 0 Å². The highest BCUT2D eigenvalue weighted by Gasteiger charge is 2.37. The number of carbonyl (C=O) groups is 1. The third-order valence-electron chi connectivity index (χ3n) is 4.64. The third-order valence-corrected chi connectivity index (χ3v) is 4.64. The van der Waals surface area contributed by atoms with Crippen molar-refractivity contribution in [3.8, 4) is 0 Å². The number of ether oxygens (including phenoxy) is 2. The molecule has 1 saturated heterocycles. The lowest BCUT2D eigenvalue weighted by molar-refractivity contribution is -0.153. The number of carbonyl (C=O) groups excluding carboxylic acids is 1. The zero-order valence-electron chi connectivity index (χ0n) is 14.5. The molecule has 2 rings (SSSR count). The Kier molecular flexibility index (Phi) is 7.12. The number of hydrogen-bond donors (Lipinski definition) is 2. The highest BCUT2D eigenvalue weighted by molar-refractivity contribution is 5.76. The number of unbranched alkanes of at least 4 members (excludes halogenated alkanes) is 2. The maximum Gasteiger partial charge on any atom is 0.323 e. The molecule has 0 amide bonds. The summed E-state index contributed by atoms with van der Waals surface area (Å²) in [4.78, 5) is 15.3. The molecule has 0 aliphatic carbocycles. The Balaban J connectivity index is 1.94. The first kappa shape index (κ1) is 18.0. The molecule has 1 aromatic heterocycles. The van der Waals surface area contributed by atoms with Gasteiger partial charge in [0.2, 0.25) is 0 Å². The van der Waals surface area contributed by atoms with E-state index in [1.807, 2.05) is 18.3 Å². The predicted octanol–water partition coefficient (Wildman–Crippen LogP) is 3.40. The van der Waals surface area contributed by atoms with Crippen molar-refractivity contribution in [3.05, 3.63) is 24.0 Å². The summed E-state index contributed by atoms with van der Waals surface area (Å²) in [5, 5.41) is 3.30. The number of rotatable bonds is 8. The van der Waals surface area contributed by atoms with Crippen LogP contribution in [0, 0.1) is 11.8 Å². The molecule has 2 heterocycles. The van der Waals surface area contributed by atoms with Gasteiger partial charge >= 0.3 is 5.97 Å². The van der Waals surface area contributed by atoms with Crippen LogP contribution in [0.25, 0.3) is 0 Å². The van der Waals surface area contributed by atoms with E-state index in [4.69, 9.17) is 9.47 Å². The average Bonchev–Trinajstić information content (AvgIpc) is 3.09. The normalized spacial score (nSPS) is 26.0. The van der Waals surface area contributed by atoms with Crippen LogP contribution in [-0.2, 0) is 14.3 Å². The van der Waals surface area contributed by atoms with E-state index in [1.54, 1.807) is 0 Å². The fourth-order valence-electron chi connectivity index (χ4n) is 3.32. The van der Waals surface area contributed by atoms with Gasteiger partial charge in [-0.15, -0.1) is 0 Å². The van der Waals surface area contributed by atoms with Crippen LogP contribution in [0.3, 0.4) is 0 Å². The minimum absolute atomic E-state index is 0.158. The summed E-state index contributed by atoms with van der Waals surface area (Å²) in [6, 6.07) is 3.57. The smallest absolute Gasteiger partial charge is 0.323 e. The Labute approximate surface area is 139 Å². The maximum absolute atomic E-state index is 12.2. The lowest BCUT2D eigenvalue weighted by atomic mass is 9.86. The first-order valence-electron chi connectivity index (χ1n) is 8.74. The number of aromatic amines is 1. The van der Waals surface area contributed by atoms with Crippen molar-refractivity contribution in [3.63, 3.8) is 0 Å². The van der Waals surface area contributed by atoms with Crippen LogP contribution in [0.15, 0.2) is 18.3 Å². The quantitative estimate of drug-likeness (QED) is 0.569. The number of hydrogen-bond acceptors (Lipinski definition) is 4. The molecule has 5 nitrogen and oxygen atoms in total. The molecule has 0 unspecified atom stereocenters. The number of H-pyrrole nitrogens is 1. The van der Waals surface area contributed by atoms with Crippen LogP contribution < -0.4 is 5.32 Å². The van der Waals surface area contributed by atoms with E-state index in [-0.39, 0.29) is 24.2 Å². The van der Waals surface area contributed by atoms with Crippen molar-refractivity contribution in [1.29, 1.82) is 0 Å². The number of methoxy groups -OCH3 is 1. The summed E-state index contributed by atoms with van der Waals surface area (Å²) in [5.41, 5.74) is 0.938. The Hall–Kier alpha value is -1.33. The van der Waals surface area contributed by atoms with E-state index in [9.17, 15) is 4.79 Å². The van der Waals surface area contributed by atoms with Crippen LogP contribution >= 0.6 is 0 Å². The SMILES string of the molecule is CCCCC[C@H](C)C[C@H]1CO[C@H](c2ccc[nH]2)N[C@@H]1C(=O)OC. The van der Waals surface area contributed by atoms with Crippen LogP contribution in [0.5, 0.6) is 0 Å². The monoisotopic (exact) mass is 322 g/mol. The second-order valence-corrected chi connectivity index (χ2v) is 6.60. The van der Waals surface area contributed by atoms with Crippen LogP contribution in [0.1, 0.15) is 57.9 Å². The molecule has 0 saturated carbocycles. The van der Waals surface area contributed by atoms with E-state index < -0.39 is 0 Å². The molecule has 23 heavy (non-hydrogen) atoms. The first-order valence-corrected chi connectivity index (χ1v) is 8.74. The lowest BCUT2D eigenvalue weighted by Crippen LogP contribution is -2.52. The summed E-state index contributed by atoms with van der Waals surface area (Å²) in [6.07, 6.45) is 7.54. The molecule has 4 atom stereocenters. The molecule has 130 valence electrons. The van der Waals surface area contributed by atoms with E-state index >= 15 is 0 Å².